The fraction of sp³-hybridized carbons (Fsp3) is 0.267. The summed E-state index contributed by atoms with van der Waals surface area (Å²) in [6, 6.07) is 5.74. The van der Waals surface area contributed by atoms with Crippen molar-refractivity contribution < 1.29 is 9.18 Å². The molecule has 0 saturated heterocycles. The molecular weight excluding hydrogens is 307 g/mol. The molecule has 1 heterocycles. The molecule has 0 unspecified atom stereocenters. The summed E-state index contributed by atoms with van der Waals surface area (Å²) < 4.78 is 13.1. The molecule has 1 aromatic heterocycles. The Morgan fingerprint density at radius 1 is 1.32 bits per heavy atom. The highest BCUT2D eigenvalue weighted by Crippen LogP contribution is 2.21. The summed E-state index contributed by atoms with van der Waals surface area (Å²) in [5.74, 6) is 0.0112. The predicted molar refractivity (Wildman–Crippen MR) is 83.9 cm³/mol. The number of aromatic nitrogens is 2. The van der Waals surface area contributed by atoms with Crippen LogP contribution in [0.4, 0.5) is 15.9 Å². The molecule has 0 aliphatic carbocycles. The van der Waals surface area contributed by atoms with E-state index in [9.17, 15) is 9.18 Å². The number of halogens is 2. The van der Waals surface area contributed by atoms with Gasteiger partial charge in [0, 0.05) is 18.3 Å². The van der Waals surface area contributed by atoms with E-state index in [1.165, 1.54) is 30.6 Å². The van der Waals surface area contributed by atoms with Gasteiger partial charge in [0.2, 0.25) is 0 Å². The Labute approximate surface area is 132 Å². The van der Waals surface area contributed by atoms with E-state index in [0.29, 0.717) is 24.0 Å². The lowest BCUT2D eigenvalue weighted by molar-refractivity contribution is 0.0944. The van der Waals surface area contributed by atoms with Crippen LogP contribution in [0.1, 0.15) is 24.3 Å². The molecule has 0 atom stereocenters. The van der Waals surface area contributed by atoms with Crippen molar-refractivity contribution in [3.63, 3.8) is 0 Å². The summed E-state index contributed by atoms with van der Waals surface area (Å²) >= 11 is 5.72. The second kappa shape index (κ2) is 7.17. The number of rotatable bonds is 5. The average molecular weight is 323 g/mol. The lowest BCUT2D eigenvalue weighted by Crippen LogP contribution is -2.28. The van der Waals surface area contributed by atoms with Gasteiger partial charge in [-0.2, -0.15) is 0 Å². The third-order valence-corrected chi connectivity index (χ3v) is 3.05. The van der Waals surface area contributed by atoms with Crippen LogP contribution in [0.3, 0.4) is 0 Å². The maximum absolute atomic E-state index is 13.1. The molecule has 2 aromatic rings. The van der Waals surface area contributed by atoms with E-state index >= 15 is 0 Å². The number of hydrogen-bond acceptors (Lipinski definition) is 4. The van der Waals surface area contributed by atoms with Crippen LogP contribution in [0.25, 0.3) is 0 Å². The highest BCUT2D eigenvalue weighted by Gasteiger charge is 2.09. The van der Waals surface area contributed by atoms with Gasteiger partial charge < -0.3 is 10.6 Å². The molecule has 0 spiro atoms. The van der Waals surface area contributed by atoms with Crippen molar-refractivity contribution in [3.8, 4) is 0 Å². The highest BCUT2D eigenvalue weighted by atomic mass is 35.5. The van der Waals surface area contributed by atoms with E-state index in [-0.39, 0.29) is 16.6 Å². The summed E-state index contributed by atoms with van der Waals surface area (Å²) in [5, 5.41) is 5.74. The summed E-state index contributed by atoms with van der Waals surface area (Å²) in [5.41, 5.74) is 0.824. The van der Waals surface area contributed by atoms with Gasteiger partial charge in [-0.15, -0.1) is 0 Å². The number of carbonyl (C=O) groups is 1. The molecule has 1 aromatic carbocycles. The Hall–Kier alpha value is -2.21. The number of benzene rings is 1. The maximum Gasteiger partial charge on any atom is 0.270 e. The molecule has 116 valence electrons. The summed E-state index contributed by atoms with van der Waals surface area (Å²) in [7, 11) is 0. The maximum atomic E-state index is 13.1. The molecule has 7 heteroatoms. The lowest BCUT2D eigenvalue weighted by Gasteiger charge is -2.09. The fourth-order valence-corrected chi connectivity index (χ4v) is 1.84. The number of amides is 1. The first-order chi connectivity index (χ1) is 10.5. The fourth-order valence-electron chi connectivity index (χ4n) is 1.66. The molecule has 0 saturated carbocycles. The van der Waals surface area contributed by atoms with Crippen molar-refractivity contribution in [1.82, 2.24) is 15.3 Å². The van der Waals surface area contributed by atoms with Gasteiger partial charge in [0.1, 0.15) is 23.7 Å². The zero-order valence-electron chi connectivity index (χ0n) is 12.2. The van der Waals surface area contributed by atoms with Crippen LogP contribution >= 0.6 is 11.6 Å². The third kappa shape index (κ3) is 4.39. The Kier molecular flexibility index (Phi) is 5.27. The molecule has 0 aliphatic heterocycles. The van der Waals surface area contributed by atoms with Crippen LogP contribution in [-0.4, -0.2) is 22.4 Å². The number of anilines is 2. The molecule has 1 amide bonds. The van der Waals surface area contributed by atoms with Crippen LogP contribution in [0.2, 0.25) is 5.02 Å². The molecule has 0 radical (unpaired) electrons. The quantitative estimate of drug-likeness (QED) is 0.885. The van der Waals surface area contributed by atoms with E-state index in [4.69, 9.17) is 11.6 Å². The van der Waals surface area contributed by atoms with Crippen molar-refractivity contribution >= 4 is 29.0 Å². The minimum Gasteiger partial charge on any atom is -0.350 e. The van der Waals surface area contributed by atoms with E-state index < -0.39 is 5.82 Å². The topological polar surface area (TPSA) is 66.9 Å². The molecule has 2 N–H and O–H groups in total. The van der Waals surface area contributed by atoms with Gasteiger partial charge in [0.15, 0.2) is 0 Å². The lowest BCUT2D eigenvalue weighted by atomic mass is 10.2. The first kappa shape index (κ1) is 16.2. The number of carbonyl (C=O) groups excluding carboxylic acids is 1. The van der Waals surface area contributed by atoms with Crippen LogP contribution in [-0.2, 0) is 0 Å². The largest absolute Gasteiger partial charge is 0.350 e. The van der Waals surface area contributed by atoms with Gasteiger partial charge >= 0.3 is 0 Å². The van der Waals surface area contributed by atoms with Crippen molar-refractivity contribution in [1.29, 1.82) is 0 Å². The van der Waals surface area contributed by atoms with Crippen LogP contribution in [0.15, 0.2) is 30.6 Å². The van der Waals surface area contributed by atoms with Gasteiger partial charge in [0.05, 0.1) is 5.02 Å². The van der Waals surface area contributed by atoms with Gasteiger partial charge in [0.25, 0.3) is 5.91 Å². The van der Waals surface area contributed by atoms with Crippen LogP contribution in [0, 0.1) is 11.7 Å². The Morgan fingerprint density at radius 3 is 2.77 bits per heavy atom. The van der Waals surface area contributed by atoms with Gasteiger partial charge in [-0.05, 0) is 24.1 Å². The zero-order chi connectivity index (χ0) is 16.1. The summed E-state index contributed by atoms with van der Waals surface area (Å²) in [6.07, 6.45) is 1.29. The zero-order valence-corrected chi connectivity index (χ0v) is 13.0. The van der Waals surface area contributed by atoms with Crippen LogP contribution in [0.5, 0.6) is 0 Å². The normalized spacial score (nSPS) is 10.6. The highest BCUT2D eigenvalue weighted by molar-refractivity contribution is 6.31. The molecule has 5 nitrogen and oxygen atoms in total. The first-order valence-electron chi connectivity index (χ1n) is 6.78. The number of hydrogen-bond donors (Lipinski definition) is 2. The van der Waals surface area contributed by atoms with Gasteiger partial charge in [-0.25, -0.2) is 14.4 Å². The van der Waals surface area contributed by atoms with E-state index in [1.54, 1.807) is 0 Å². The Balaban J connectivity index is 2.10. The van der Waals surface area contributed by atoms with Crippen molar-refractivity contribution in [2.75, 3.05) is 11.9 Å². The summed E-state index contributed by atoms with van der Waals surface area (Å²) in [4.78, 5) is 19.9. The first-order valence-corrected chi connectivity index (χ1v) is 7.16. The van der Waals surface area contributed by atoms with E-state index in [1.807, 2.05) is 13.8 Å². The molecule has 0 bridgehead atoms. The van der Waals surface area contributed by atoms with Crippen LogP contribution < -0.4 is 10.6 Å². The smallest absolute Gasteiger partial charge is 0.270 e. The predicted octanol–water partition coefficient (Wildman–Crippen LogP) is 3.40. The van der Waals surface area contributed by atoms with Crippen molar-refractivity contribution in [2.45, 2.75) is 13.8 Å². The van der Waals surface area contributed by atoms with Crippen molar-refractivity contribution in [3.05, 3.63) is 47.1 Å². The monoisotopic (exact) mass is 322 g/mol. The van der Waals surface area contributed by atoms with Crippen molar-refractivity contribution in [2.24, 2.45) is 5.92 Å². The average Bonchev–Trinajstić information content (AvgIpc) is 2.49. The minimum atomic E-state index is -0.497. The summed E-state index contributed by atoms with van der Waals surface area (Å²) in [6.45, 7) is 4.58. The Bertz CT molecular complexity index is 678. The van der Waals surface area contributed by atoms with E-state index in [2.05, 4.69) is 20.6 Å². The number of nitrogens with one attached hydrogen (secondary N) is 2. The molecular formula is C15H16ClFN4O. The standard InChI is InChI=1S/C15H16ClFN4O/c1-9(2)7-18-15(22)13-6-14(20-8-19-13)21-10-3-4-12(17)11(16)5-10/h3-6,8-9H,7H2,1-2H3,(H,18,22)(H,19,20,21). The SMILES string of the molecule is CC(C)CNC(=O)c1cc(Nc2ccc(F)c(Cl)c2)ncn1. The minimum absolute atomic E-state index is 0.00829. The van der Waals surface area contributed by atoms with Gasteiger partial charge in [-0.1, -0.05) is 25.4 Å². The second-order valence-corrected chi connectivity index (χ2v) is 5.55. The molecule has 0 fully saturated rings. The van der Waals surface area contributed by atoms with E-state index in [0.717, 1.165) is 0 Å². The molecule has 2 rings (SSSR count). The molecule has 22 heavy (non-hydrogen) atoms. The second-order valence-electron chi connectivity index (χ2n) is 5.15. The number of nitrogens with zero attached hydrogens (tertiary/aromatic N) is 2. The Morgan fingerprint density at radius 2 is 2.09 bits per heavy atom. The third-order valence-electron chi connectivity index (χ3n) is 2.76. The van der Waals surface area contributed by atoms with Gasteiger partial charge in [-0.3, -0.25) is 4.79 Å². The molecule has 0 aliphatic rings.